The minimum Gasteiger partial charge on any atom is -0.382 e. The summed E-state index contributed by atoms with van der Waals surface area (Å²) in [5, 5.41) is 0.525. The fourth-order valence-electron chi connectivity index (χ4n) is 5.58. The molecule has 268 valence electrons. The molecule has 1 aliphatic heterocycles. The Morgan fingerprint density at radius 1 is 0.609 bits per heavy atom. The highest BCUT2D eigenvalue weighted by atomic mass is 16.7. The summed E-state index contributed by atoms with van der Waals surface area (Å²) in [5.74, 6) is 1.75. The van der Waals surface area contributed by atoms with Gasteiger partial charge in [0.15, 0.2) is 0 Å². The van der Waals surface area contributed by atoms with Crippen molar-refractivity contribution in [3.05, 3.63) is 0 Å². The van der Waals surface area contributed by atoms with E-state index >= 15 is 0 Å². The Balaban J connectivity index is 0.000000361. The third-order valence-corrected chi connectivity index (χ3v) is 8.80. The molecular formula is C33H62N4O9. The first-order chi connectivity index (χ1) is 22.3. The first kappa shape index (κ1) is 42.0. The monoisotopic (exact) mass is 658 g/mol. The number of carbonyl (C=O) groups excluding carboxylic acids is 4. The average molecular weight is 659 g/mol. The quantitative estimate of drug-likeness (QED) is 0.136. The fraction of sp³-hybridized carbons (Fsp3) is 0.879. The maximum Gasteiger partial charge on any atom is 0.335 e. The van der Waals surface area contributed by atoms with Crippen LogP contribution in [-0.4, -0.2) is 102 Å². The van der Waals surface area contributed by atoms with E-state index in [4.69, 9.17) is 36.1 Å². The van der Waals surface area contributed by atoms with E-state index in [2.05, 4.69) is 4.84 Å². The molecule has 2 amide bonds. The van der Waals surface area contributed by atoms with Crippen molar-refractivity contribution in [3.63, 3.8) is 0 Å². The number of carbonyl (C=O) groups is 4. The topological polar surface area (TPSA) is 196 Å². The number of methoxy groups -OCH3 is 2. The summed E-state index contributed by atoms with van der Waals surface area (Å²) in [5.41, 5.74) is 16.8. The predicted molar refractivity (Wildman–Crippen MR) is 174 cm³/mol. The van der Waals surface area contributed by atoms with Crippen LogP contribution in [0.25, 0.3) is 0 Å². The third-order valence-electron chi connectivity index (χ3n) is 8.80. The first-order valence-corrected chi connectivity index (χ1v) is 17.1. The Morgan fingerprint density at radius 3 is 1.43 bits per heavy atom. The second kappa shape index (κ2) is 27.0. The molecule has 1 saturated heterocycles. The number of nitrogens with two attached hydrogens (primary N) is 3. The van der Waals surface area contributed by atoms with Crippen molar-refractivity contribution < 1.29 is 43.0 Å². The number of Topliss-reactive ketones (excluding diaryl/α,β-unsaturated/α-hetero) is 1. The highest BCUT2D eigenvalue weighted by molar-refractivity contribution is 6.01. The molecular weight excluding hydrogens is 596 g/mol. The molecule has 3 aliphatic rings. The smallest absolute Gasteiger partial charge is 0.335 e. The zero-order valence-corrected chi connectivity index (χ0v) is 28.4. The van der Waals surface area contributed by atoms with Gasteiger partial charge >= 0.3 is 5.97 Å². The van der Waals surface area contributed by atoms with Crippen LogP contribution in [-0.2, 0) is 43.0 Å². The zero-order chi connectivity index (χ0) is 34.0. The lowest BCUT2D eigenvalue weighted by Crippen LogP contribution is -2.32. The van der Waals surface area contributed by atoms with E-state index in [0.717, 1.165) is 49.7 Å². The van der Waals surface area contributed by atoms with Gasteiger partial charge in [0.2, 0.25) is 0 Å². The van der Waals surface area contributed by atoms with Crippen LogP contribution in [0.15, 0.2) is 0 Å². The molecule has 0 aromatic heterocycles. The van der Waals surface area contributed by atoms with Crippen LogP contribution >= 0.6 is 0 Å². The minimum absolute atomic E-state index is 0.0131. The van der Waals surface area contributed by atoms with E-state index in [1.54, 1.807) is 14.2 Å². The van der Waals surface area contributed by atoms with Gasteiger partial charge in [-0.3, -0.25) is 14.4 Å². The lowest BCUT2D eigenvalue weighted by molar-refractivity contribution is -0.198. The summed E-state index contributed by atoms with van der Waals surface area (Å²) in [6, 6.07) is 0. The van der Waals surface area contributed by atoms with Gasteiger partial charge in [-0.2, -0.15) is 0 Å². The molecule has 0 unspecified atom stereocenters. The molecule has 13 heteroatoms. The number of imide groups is 1. The van der Waals surface area contributed by atoms with Crippen LogP contribution in [0.1, 0.15) is 89.9 Å². The van der Waals surface area contributed by atoms with Crippen molar-refractivity contribution in [2.75, 3.05) is 73.5 Å². The van der Waals surface area contributed by atoms with Gasteiger partial charge in [0.1, 0.15) is 5.78 Å². The van der Waals surface area contributed by atoms with E-state index in [9.17, 15) is 19.2 Å². The van der Waals surface area contributed by atoms with Crippen LogP contribution in [0.3, 0.4) is 0 Å². The summed E-state index contributed by atoms with van der Waals surface area (Å²) in [6.07, 6.45) is 12.7. The van der Waals surface area contributed by atoms with E-state index in [-0.39, 0.29) is 25.9 Å². The number of ether oxygens (including phenoxy) is 4. The summed E-state index contributed by atoms with van der Waals surface area (Å²) in [6.45, 7) is 5.26. The second-order valence-corrected chi connectivity index (χ2v) is 12.3. The van der Waals surface area contributed by atoms with Gasteiger partial charge in [-0.05, 0) is 88.3 Å². The van der Waals surface area contributed by atoms with Gasteiger partial charge in [-0.1, -0.05) is 12.8 Å². The normalized spacial score (nSPS) is 22.8. The fourth-order valence-corrected chi connectivity index (χ4v) is 5.58. The number of hydroxylamine groups is 2. The Hall–Kier alpha value is -2.00. The average Bonchev–Trinajstić information content (AvgIpc) is 3.40. The predicted octanol–water partition coefficient (Wildman–Crippen LogP) is 2.51. The highest BCUT2D eigenvalue weighted by Crippen LogP contribution is 2.31. The van der Waals surface area contributed by atoms with Crippen molar-refractivity contribution >= 4 is 23.6 Å². The van der Waals surface area contributed by atoms with Crippen LogP contribution < -0.4 is 17.2 Å². The van der Waals surface area contributed by atoms with Crippen LogP contribution in [0.2, 0.25) is 0 Å². The number of ketones is 1. The second-order valence-electron chi connectivity index (χ2n) is 12.3. The minimum atomic E-state index is -0.661. The van der Waals surface area contributed by atoms with Crippen molar-refractivity contribution in [1.82, 2.24) is 5.06 Å². The lowest BCUT2D eigenvalue weighted by atomic mass is 9.80. The molecule has 3 fully saturated rings. The molecule has 1 heterocycles. The number of nitrogens with zero attached hydrogens (tertiary/aromatic N) is 1. The van der Waals surface area contributed by atoms with Crippen molar-refractivity contribution in [3.8, 4) is 0 Å². The standard InChI is InChI=1S/C15H29NO3.C10H15NO6.C8H18N2/c1-18-10-11-19-9-8-15(17)7-6-13-2-4-14(12-16)5-3-13;1-15-6-7-16-5-4-10(14)17-11-8(12)2-3-9(11)13;9-5-7-1-2-8(6-10)4-3-7/h13-14H,2-12,16H2,1H3;2-7H2,1H3;7-8H,1-6,9-10H2. The SMILES string of the molecule is COCCOCCC(=O)CCC1CCC(CN)CC1.COCCOCCC(=O)ON1C(=O)CCC1=O.NCC1CCC(CN)CC1. The van der Waals surface area contributed by atoms with Gasteiger partial charge < -0.3 is 41.0 Å². The molecule has 46 heavy (non-hydrogen) atoms. The number of hydrogen-bond acceptors (Lipinski definition) is 12. The molecule has 2 aliphatic carbocycles. The van der Waals surface area contributed by atoms with Gasteiger partial charge in [0, 0.05) is 39.9 Å². The molecule has 0 aromatic rings. The molecule has 13 nitrogen and oxygen atoms in total. The van der Waals surface area contributed by atoms with Crippen molar-refractivity contribution in [2.45, 2.75) is 89.9 Å². The van der Waals surface area contributed by atoms with Crippen molar-refractivity contribution in [2.24, 2.45) is 40.9 Å². The van der Waals surface area contributed by atoms with E-state index in [1.165, 1.54) is 51.4 Å². The molecule has 0 spiro atoms. The van der Waals surface area contributed by atoms with Crippen LogP contribution in [0, 0.1) is 23.7 Å². The summed E-state index contributed by atoms with van der Waals surface area (Å²) in [7, 11) is 3.19. The molecule has 0 atom stereocenters. The van der Waals surface area contributed by atoms with Crippen LogP contribution in [0.4, 0.5) is 0 Å². The molecule has 2 saturated carbocycles. The zero-order valence-electron chi connectivity index (χ0n) is 28.4. The summed E-state index contributed by atoms with van der Waals surface area (Å²) in [4.78, 5) is 49.8. The van der Waals surface area contributed by atoms with E-state index in [0.29, 0.717) is 56.7 Å². The summed E-state index contributed by atoms with van der Waals surface area (Å²) >= 11 is 0. The largest absolute Gasteiger partial charge is 0.382 e. The third kappa shape index (κ3) is 19.6. The van der Waals surface area contributed by atoms with Gasteiger partial charge in [0.25, 0.3) is 11.8 Å². The number of rotatable bonds is 19. The van der Waals surface area contributed by atoms with E-state index in [1.807, 2.05) is 0 Å². The molecule has 6 N–H and O–H groups in total. The summed E-state index contributed by atoms with van der Waals surface area (Å²) < 4.78 is 20.0. The van der Waals surface area contributed by atoms with Gasteiger partial charge in [-0.15, -0.1) is 5.06 Å². The molecule has 3 rings (SSSR count). The number of amides is 2. The molecule has 0 bridgehead atoms. The van der Waals surface area contributed by atoms with Crippen LogP contribution in [0.5, 0.6) is 0 Å². The molecule has 0 aromatic carbocycles. The Labute approximate surface area is 275 Å². The van der Waals surface area contributed by atoms with Gasteiger partial charge in [-0.25, -0.2) is 4.79 Å². The van der Waals surface area contributed by atoms with E-state index < -0.39 is 17.8 Å². The number of hydrogen-bond donors (Lipinski definition) is 3. The van der Waals surface area contributed by atoms with Crippen molar-refractivity contribution in [1.29, 1.82) is 0 Å². The Kier molecular flexibility index (Phi) is 24.7. The maximum atomic E-state index is 11.7. The Morgan fingerprint density at radius 2 is 1.02 bits per heavy atom. The lowest BCUT2D eigenvalue weighted by Gasteiger charge is -2.27. The highest BCUT2D eigenvalue weighted by Gasteiger charge is 2.32. The Bertz CT molecular complexity index is 804. The maximum absolute atomic E-state index is 11.7. The molecule has 0 radical (unpaired) electrons. The first-order valence-electron chi connectivity index (χ1n) is 17.1. The van der Waals surface area contributed by atoms with Gasteiger partial charge in [0.05, 0.1) is 46.1 Å².